The zero-order valence-electron chi connectivity index (χ0n) is 8.93. The minimum Gasteiger partial charge on any atom is -0.384 e. The maximum Gasteiger partial charge on any atom is 0.257 e. The van der Waals surface area contributed by atoms with E-state index in [1.165, 1.54) is 16.9 Å². The van der Waals surface area contributed by atoms with Gasteiger partial charge in [-0.25, -0.2) is 0 Å². The van der Waals surface area contributed by atoms with E-state index in [9.17, 15) is 4.79 Å². The van der Waals surface area contributed by atoms with E-state index in [1.807, 2.05) is 18.2 Å². The molecule has 0 fully saturated rings. The summed E-state index contributed by atoms with van der Waals surface area (Å²) >= 11 is 1.30. The van der Waals surface area contributed by atoms with Crippen LogP contribution in [0, 0.1) is 0 Å². The molecule has 2 aromatic rings. The minimum absolute atomic E-state index is 0.142. The van der Waals surface area contributed by atoms with Crippen molar-refractivity contribution >= 4 is 28.1 Å². The minimum atomic E-state index is -0.142. The Balaban J connectivity index is 1.82. The van der Waals surface area contributed by atoms with Gasteiger partial charge in [0.1, 0.15) is 5.51 Å². The van der Waals surface area contributed by atoms with Gasteiger partial charge in [-0.3, -0.25) is 10.1 Å². The molecule has 5 nitrogen and oxygen atoms in total. The first-order chi connectivity index (χ1) is 8.33. The van der Waals surface area contributed by atoms with E-state index in [0.29, 0.717) is 10.7 Å². The molecular formula is C11H10N4OS. The van der Waals surface area contributed by atoms with Crippen LogP contribution in [0.4, 0.5) is 10.8 Å². The Kier molecular flexibility index (Phi) is 2.49. The Morgan fingerprint density at radius 3 is 3.24 bits per heavy atom. The van der Waals surface area contributed by atoms with Gasteiger partial charge in [0.25, 0.3) is 5.91 Å². The number of carbonyl (C=O) groups is 1. The molecule has 17 heavy (non-hydrogen) atoms. The van der Waals surface area contributed by atoms with Crippen LogP contribution < -0.4 is 10.6 Å². The number of hydrogen-bond acceptors (Lipinski definition) is 5. The molecule has 1 aliphatic rings. The van der Waals surface area contributed by atoms with E-state index in [-0.39, 0.29) is 5.91 Å². The first kappa shape index (κ1) is 10.2. The van der Waals surface area contributed by atoms with Gasteiger partial charge >= 0.3 is 0 Å². The quantitative estimate of drug-likeness (QED) is 0.847. The summed E-state index contributed by atoms with van der Waals surface area (Å²) in [5.41, 5.74) is 4.55. The third-order valence-electron chi connectivity index (χ3n) is 2.66. The predicted molar refractivity (Wildman–Crippen MR) is 66.5 cm³/mol. The molecule has 86 valence electrons. The Hall–Kier alpha value is -1.95. The van der Waals surface area contributed by atoms with Gasteiger partial charge in [-0.05, 0) is 30.2 Å². The molecule has 6 heteroatoms. The Morgan fingerprint density at radius 1 is 1.47 bits per heavy atom. The largest absolute Gasteiger partial charge is 0.384 e. The van der Waals surface area contributed by atoms with E-state index in [1.54, 1.807) is 5.51 Å². The maximum atomic E-state index is 11.9. The third-order valence-corrected chi connectivity index (χ3v) is 3.26. The van der Waals surface area contributed by atoms with Gasteiger partial charge < -0.3 is 5.32 Å². The molecular weight excluding hydrogens is 236 g/mol. The Bertz CT molecular complexity index is 553. The SMILES string of the molecule is O=C(Nc1nncs1)c1ccc2c(c1)CCN2. The fourth-order valence-electron chi connectivity index (χ4n) is 1.84. The normalized spacial score (nSPS) is 12.9. The van der Waals surface area contributed by atoms with Crippen LogP contribution in [0.3, 0.4) is 0 Å². The summed E-state index contributed by atoms with van der Waals surface area (Å²) < 4.78 is 0. The topological polar surface area (TPSA) is 66.9 Å². The molecule has 1 aromatic carbocycles. The average Bonchev–Trinajstić information content (AvgIpc) is 2.97. The number of rotatable bonds is 2. The number of benzene rings is 1. The van der Waals surface area contributed by atoms with Gasteiger partial charge in [-0.2, -0.15) is 0 Å². The van der Waals surface area contributed by atoms with Crippen LogP contribution in [0.2, 0.25) is 0 Å². The average molecular weight is 246 g/mol. The maximum absolute atomic E-state index is 11.9. The van der Waals surface area contributed by atoms with Crippen molar-refractivity contribution in [1.29, 1.82) is 0 Å². The molecule has 0 saturated heterocycles. The summed E-state index contributed by atoms with van der Waals surface area (Å²) in [7, 11) is 0. The van der Waals surface area contributed by atoms with Crippen molar-refractivity contribution in [2.24, 2.45) is 0 Å². The van der Waals surface area contributed by atoms with E-state index in [0.717, 1.165) is 18.7 Å². The second kappa shape index (κ2) is 4.14. The lowest BCUT2D eigenvalue weighted by Crippen LogP contribution is -2.11. The molecule has 2 heterocycles. The molecule has 1 amide bonds. The molecule has 1 aliphatic heterocycles. The van der Waals surface area contributed by atoms with Crippen molar-refractivity contribution in [3.63, 3.8) is 0 Å². The lowest BCUT2D eigenvalue weighted by atomic mass is 10.1. The van der Waals surface area contributed by atoms with Crippen molar-refractivity contribution in [2.45, 2.75) is 6.42 Å². The van der Waals surface area contributed by atoms with Gasteiger partial charge in [-0.15, -0.1) is 10.2 Å². The van der Waals surface area contributed by atoms with Gasteiger partial charge in [0, 0.05) is 17.8 Å². The molecule has 0 atom stereocenters. The zero-order chi connectivity index (χ0) is 11.7. The van der Waals surface area contributed by atoms with Crippen LogP contribution in [0.15, 0.2) is 23.7 Å². The third kappa shape index (κ3) is 1.99. The first-order valence-corrected chi connectivity index (χ1v) is 6.15. The van der Waals surface area contributed by atoms with Crippen LogP contribution in [-0.4, -0.2) is 22.6 Å². The summed E-state index contributed by atoms with van der Waals surface area (Å²) in [5.74, 6) is -0.142. The van der Waals surface area contributed by atoms with Crippen LogP contribution in [0.1, 0.15) is 15.9 Å². The molecule has 0 spiro atoms. The number of nitrogens with zero attached hydrogens (tertiary/aromatic N) is 2. The zero-order valence-corrected chi connectivity index (χ0v) is 9.75. The fraction of sp³-hybridized carbons (Fsp3) is 0.182. The second-order valence-corrected chi connectivity index (χ2v) is 4.58. The summed E-state index contributed by atoms with van der Waals surface area (Å²) in [6.45, 7) is 0.941. The molecule has 0 aliphatic carbocycles. The number of fused-ring (bicyclic) bond motifs is 1. The van der Waals surface area contributed by atoms with Gasteiger partial charge in [-0.1, -0.05) is 11.3 Å². The lowest BCUT2D eigenvalue weighted by molar-refractivity contribution is 0.102. The Morgan fingerprint density at radius 2 is 2.41 bits per heavy atom. The van der Waals surface area contributed by atoms with Crippen molar-refractivity contribution in [3.8, 4) is 0 Å². The van der Waals surface area contributed by atoms with Crippen LogP contribution in [0.5, 0.6) is 0 Å². The number of anilines is 2. The number of hydrogen-bond donors (Lipinski definition) is 2. The van der Waals surface area contributed by atoms with Gasteiger partial charge in [0.15, 0.2) is 0 Å². The van der Waals surface area contributed by atoms with Gasteiger partial charge in [0.2, 0.25) is 5.13 Å². The van der Waals surface area contributed by atoms with Crippen LogP contribution in [-0.2, 0) is 6.42 Å². The highest BCUT2D eigenvalue weighted by Crippen LogP contribution is 2.23. The lowest BCUT2D eigenvalue weighted by Gasteiger charge is -2.04. The van der Waals surface area contributed by atoms with E-state index >= 15 is 0 Å². The molecule has 1 aromatic heterocycles. The first-order valence-electron chi connectivity index (χ1n) is 5.27. The number of aromatic nitrogens is 2. The van der Waals surface area contributed by atoms with Crippen molar-refractivity contribution in [2.75, 3.05) is 17.2 Å². The van der Waals surface area contributed by atoms with Crippen LogP contribution >= 0.6 is 11.3 Å². The molecule has 0 saturated carbocycles. The number of nitrogens with one attached hydrogen (secondary N) is 2. The summed E-state index contributed by atoms with van der Waals surface area (Å²) in [5, 5.41) is 13.9. The summed E-state index contributed by atoms with van der Waals surface area (Å²) in [6, 6.07) is 5.68. The standard InChI is InChI=1S/C11H10N4OS/c16-10(14-11-15-13-6-17-11)8-1-2-9-7(5-8)3-4-12-9/h1-2,5-6,12H,3-4H2,(H,14,15,16). The molecule has 0 unspecified atom stereocenters. The van der Waals surface area contributed by atoms with Crippen molar-refractivity contribution in [3.05, 3.63) is 34.8 Å². The Labute approximate surface area is 102 Å². The smallest absolute Gasteiger partial charge is 0.257 e. The highest BCUT2D eigenvalue weighted by atomic mass is 32.1. The van der Waals surface area contributed by atoms with Crippen molar-refractivity contribution in [1.82, 2.24) is 10.2 Å². The number of amides is 1. The van der Waals surface area contributed by atoms with E-state index in [4.69, 9.17) is 0 Å². The predicted octanol–water partition coefficient (Wildman–Crippen LogP) is 1.76. The van der Waals surface area contributed by atoms with Gasteiger partial charge in [0.05, 0.1) is 0 Å². The fourth-order valence-corrected chi connectivity index (χ4v) is 2.28. The monoisotopic (exact) mass is 246 g/mol. The summed E-state index contributed by atoms with van der Waals surface area (Å²) in [4.78, 5) is 11.9. The molecule has 0 bridgehead atoms. The van der Waals surface area contributed by atoms with E-state index < -0.39 is 0 Å². The highest BCUT2D eigenvalue weighted by molar-refractivity contribution is 7.13. The van der Waals surface area contributed by atoms with E-state index in [2.05, 4.69) is 20.8 Å². The highest BCUT2D eigenvalue weighted by Gasteiger charge is 2.14. The molecule has 2 N–H and O–H groups in total. The second-order valence-electron chi connectivity index (χ2n) is 3.75. The van der Waals surface area contributed by atoms with Crippen LogP contribution in [0.25, 0.3) is 0 Å². The molecule has 3 rings (SSSR count). The number of carbonyl (C=O) groups excluding carboxylic acids is 1. The van der Waals surface area contributed by atoms with Crippen molar-refractivity contribution < 1.29 is 4.79 Å². The molecule has 0 radical (unpaired) electrons. The summed E-state index contributed by atoms with van der Waals surface area (Å²) in [6.07, 6.45) is 0.968.